The lowest BCUT2D eigenvalue weighted by atomic mass is 10.2. The summed E-state index contributed by atoms with van der Waals surface area (Å²) in [6.45, 7) is 4.41. The minimum absolute atomic E-state index is 0.752. The maximum absolute atomic E-state index is 4.48. The molecule has 2 nitrogen and oxygen atoms in total. The van der Waals surface area contributed by atoms with Crippen LogP contribution in [0, 0.1) is 0 Å². The van der Waals surface area contributed by atoms with E-state index in [-0.39, 0.29) is 0 Å². The van der Waals surface area contributed by atoms with E-state index in [1.807, 2.05) is 24.3 Å². The van der Waals surface area contributed by atoms with E-state index in [0.717, 1.165) is 22.9 Å². The van der Waals surface area contributed by atoms with Gasteiger partial charge >= 0.3 is 0 Å². The van der Waals surface area contributed by atoms with Gasteiger partial charge in [0.1, 0.15) is 0 Å². The molecule has 15 heavy (non-hydrogen) atoms. The molecule has 1 heterocycles. The average Bonchev–Trinajstić information content (AvgIpc) is 2.76. The molecule has 0 radical (unpaired) electrons. The van der Waals surface area contributed by atoms with Crippen LogP contribution in [-0.4, -0.2) is 11.5 Å². The highest BCUT2D eigenvalue weighted by molar-refractivity contribution is 7.14. The minimum Gasteiger partial charge on any atom is -0.358 e. The van der Waals surface area contributed by atoms with Crippen molar-refractivity contribution >= 4 is 16.5 Å². The number of nitrogens with one attached hydrogen (secondary N) is 1. The first-order valence-corrected chi connectivity index (χ1v) is 5.64. The molecule has 0 saturated carbocycles. The lowest BCUT2D eigenvalue weighted by Crippen LogP contribution is -1.96. The van der Waals surface area contributed by atoms with Crippen molar-refractivity contribution in [2.24, 2.45) is 0 Å². The Balaban J connectivity index is 2.17. The second-order valence-corrected chi connectivity index (χ2v) is 3.93. The summed E-state index contributed by atoms with van der Waals surface area (Å²) in [5.41, 5.74) is 2.17. The van der Waals surface area contributed by atoms with Crippen LogP contribution < -0.4 is 5.32 Å². The topological polar surface area (TPSA) is 24.9 Å². The molecule has 0 amide bonds. The van der Waals surface area contributed by atoms with Gasteiger partial charge in [0.15, 0.2) is 5.13 Å². The van der Waals surface area contributed by atoms with Crippen LogP contribution in [0.25, 0.3) is 11.3 Å². The van der Waals surface area contributed by atoms with Gasteiger partial charge in [-0.15, -0.1) is 17.9 Å². The summed E-state index contributed by atoms with van der Waals surface area (Å²) in [7, 11) is 0. The number of rotatable bonds is 4. The van der Waals surface area contributed by atoms with Gasteiger partial charge in [-0.1, -0.05) is 36.4 Å². The molecule has 76 valence electrons. The van der Waals surface area contributed by atoms with Gasteiger partial charge in [0.2, 0.25) is 0 Å². The van der Waals surface area contributed by atoms with Crippen LogP contribution in [0.2, 0.25) is 0 Å². The van der Waals surface area contributed by atoms with Crippen molar-refractivity contribution in [3.05, 3.63) is 48.4 Å². The number of hydrogen-bond acceptors (Lipinski definition) is 3. The SMILES string of the molecule is C=CCNc1nc(-c2ccccc2)cs1. The quantitative estimate of drug-likeness (QED) is 0.792. The van der Waals surface area contributed by atoms with Gasteiger partial charge in [-0.25, -0.2) is 4.98 Å². The lowest BCUT2D eigenvalue weighted by Gasteiger charge is -1.96. The Bertz CT molecular complexity index is 434. The zero-order valence-corrected chi connectivity index (χ0v) is 9.13. The first-order valence-electron chi connectivity index (χ1n) is 4.76. The molecule has 0 atom stereocenters. The smallest absolute Gasteiger partial charge is 0.183 e. The fraction of sp³-hybridized carbons (Fsp3) is 0.0833. The van der Waals surface area contributed by atoms with Gasteiger partial charge in [-0.2, -0.15) is 0 Å². The van der Waals surface area contributed by atoms with E-state index in [1.54, 1.807) is 11.3 Å². The predicted molar refractivity (Wildman–Crippen MR) is 66.2 cm³/mol. The summed E-state index contributed by atoms with van der Waals surface area (Å²) in [4.78, 5) is 4.48. The zero-order valence-electron chi connectivity index (χ0n) is 8.31. The Labute approximate surface area is 93.3 Å². The van der Waals surface area contributed by atoms with Gasteiger partial charge < -0.3 is 5.32 Å². The Morgan fingerprint density at radius 2 is 2.13 bits per heavy atom. The fourth-order valence-electron chi connectivity index (χ4n) is 1.26. The Hall–Kier alpha value is -1.61. The molecule has 1 N–H and O–H groups in total. The molecule has 0 unspecified atom stereocenters. The molecule has 1 aromatic heterocycles. The minimum atomic E-state index is 0.752. The summed E-state index contributed by atoms with van der Waals surface area (Å²) >= 11 is 1.61. The number of aromatic nitrogens is 1. The van der Waals surface area contributed by atoms with Crippen molar-refractivity contribution in [1.82, 2.24) is 4.98 Å². The molecule has 3 heteroatoms. The van der Waals surface area contributed by atoms with Crippen LogP contribution in [-0.2, 0) is 0 Å². The number of nitrogens with zero attached hydrogens (tertiary/aromatic N) is 1. The van der Waals surface area contributed by atoms with Crippen LogP contribution in [0.15, 0.2) is 48.4 Å². The number of benzene rings is 1. The van der Waals surface area contributed by atoms with E-state index in [4.69, 9.17) is 0 Å². The maximum Gasteiger partial charge on any atom is 0.183 e. The third-order valence-corrected chi connectivity index (χ3v) is 2.77. The largest absolute Gasteiger partial charge is 0.358 e. The van der Waals surface area contributed by atoms with Crippen molar-refractivity contribution < 1.29 is 0 Å². The highest BCUT2D eigenvalue weighted by atomic mass is 32.1. The molecule has 0 aliphatic carbocycles. The van der Waals surface area contributed by atoms with E-state index < -0.39 is 0 Å². The monoisotopic (exact) mass is 216 g/mol. The Morgan fingerprint density at radius 3 is 2.87 bits per heavy atom. The predicted octanol–water partition coefficient (Wildman–Crippen LogP) is 3.41. The van der Waals surface area contributed by atoms with Crippen molar-refractivity contribution in [1.29, 1.82) is 0 Å². The Morgan fingerprint density at radius 1 is 1.33 bits per heavy atom. The van der Waals surface area contributed by atoms with Crippen LogP contribution in [0.3, 0.4) is 0 Å². The molecular formula is C12H12N2S. The summed E-state index contributed by atoms with van der Waals surface area (Å²) in [5, 5.41) is 6.17. The summed E-state index contributed by atoms with van der Waals surface area (Å²) < 4.78 is 0. The average molecular weight is 216 g/mol. The summed E-state index contributed by atoms with van der Waals surface area (Å²) in [6.07, 6.45) is 1.82. The van der Waals surface area contributed by atoms with Crippen molar-refractivity contribution in [3.63, 3.8) is 0 Å². The van der Waals surface area contributed by atoms with Crippen LogP contribution >= 0.6 is 11.3 Å². The third kappa shape index (κ3) is 2.44. The first-order chi connectivity index (χ1) is 7.40. The van der Waals surface area contributed by atoms with Crippen molar-refractivity contribution in [2.45, 2.75) is 0 Å². The van der Waals surface area contributed by atoms with Gasteiger partial charge in [-0.3, -0.25) is 0 Å². The highest BCUT2D eigenvalue weighted by Gasteiger charge is 2.02. The van der Waals surface area contributed by atoms with Gasteiger partial charge in [0, 0.05) is 17.5 Å². The standard InChI is InChI=1S/C12H12N2S/c1-2-8-13-12-14-11(9-15-12)10-6-4-3-5-7-10/h2-7,9H,1,8H2,(H,13,14). The first kappa shape index (κ1) is 9.93. The fourth-order valence-corrected chi connectivity index (χ4v) is 1.99. The van der Waals surface area contributed by atoms with Crippen molar-refractivity contribution in [2.75, 3.05) is 11.9 Å². The highest BCUT2D eigenvalue weighted by Crippen LogP contribution is 2.24. The summed E-state index contributed by atoms with van der Waals surface area (Å²) in [5.74, 6) is 0. The van der Waals surface area contributed by atoms with E-state index in [2.05, 4.69) is 34.4 Å². The van der Waals surface area contributed by atoms with Crippen LogP contribution in [0.4, 0.5) is 5.13 Å². The molecule has 0 aliphatic rings. The second-order valence-electron chi connectivity index (χ2n) is 3.07. The second kappa shape index (κ2) is 4.75. The number of thiazole rings is 1. The van der Waals surface area contributed by atoms with E-state index in [1.165, 1.54) is 0 Å². The van der Waals surface area contributed by atoms with Crippen LogP contribution in [0.5, 0.6) is 0 Å². The molecule has 2 aromatic rings. The molecule has 0 bridgehead atoms. The maximum atomic E-state index is 4.48. The van der Waals surface area contributed by atoms with E-state index in [0.29, 0.717) is 0 Å². The molecule has 1 aromatic carbocycles. The van der Waals surface area contributed by atoms with E-state index in [9.17, 15) is 0 Å². The normalized spacial score (nSPS) is 9.87. The molecule has 2 rings (SSSR count). The molecule has 0 aliphatic heterocycles. The van der Waals surface area contributed by atoms with Crippen molar-refractivity contribution in [3.8, 4) is 11.3 Å². The number of hydrogen-bond donors (Lipinski definition) is 1. The summed E-state index contributed by atoms with van der Waals surface area (Å²) in [6, 6.07) is 10.2. The molecule has 0 fully saturated rings. The Kier molecular flexibility index (Phi) is 3.15. The molecular weight excluding hydrogens is 204 g/mol. The van der Waals surface area contributed by atoms with Gasteiger partial charge in [0.25, 0.3) is 0 Å². The van der Waals surface area contributed by atoms with E-state index >= 15 is 0 Å². The third-order valence-electron chi connectivity index (χ3n) is 1.97. The van der Waals surface area contributed by atoms with Gasteiger partial charge in [-0.05, 0) is 0 Å². The molecule has 0 spiro atoms. The lowest BCUT2D eigenvalue weighted by molar-refractivity contribution is 1.29. The van der Waals surface area contributed by atoms with Gasteiger partial charge in [0.05, 0.1) is 5.69 Å². The zero-order chi connectivity index (χ0) is 10.5. The molecule has 0 saturated heterocycles. The number of anilines is 1. The van der Waals surface area contributed by atoms with Crippen LogP contribution in [0.1, 0.15) is 0 Å².